The van der Waals surface area contributed by atoms with Gasteiger partial charge in [-0.2, -0.15) is 4.98 Å². The molecule has 0 bridgehead atoms. The number of hydrogen-bond acceptors (Lipinski definition) is 8. The third-order valence-electron chi connectivity index (χ3n) is 4.85. The highest BCUT2D eigenvalue weighted by atomic mass is 35.5. The lowest BCUT2D eigenvalue weighted by molar-refractivity contribution is -0.0975. The van der Waals surface area contributed by atoms with Crippen LogP contribution in [-0.4, -0.2) is 50.7 Å². The Hall–Kier alpha value is -2.54. The van der Waals surface area contributed by atoms with Crippen molar-refractivity contribution in [1.82, 2.24) is 14.5 Å². The van der Waals surface area contributed by atoms with Crippen molar-refractivity contribution in [3.63, 3.8) is 0 Å². The van der Waals surface area contributed by atoms with E-state index in [9.17, 15) is 9.90 Å². The van der Waals surface area contributed by atoms with E-state index in [1.54, 1.807) is 16.8 Å². The van der Waals surface area contributed by atoms with Gasteiger partial charge in [-0.15, -0.1) is 6.42 Å². The summed E-state index contributed by atoms with van der Waals surface area (Å²) in [5.41, 5.74) is 4.82. The van der Waals surface area contributed by atoms with Crippen LogP contribution < -0.4 is 5.73 Å². The van der Waals surface area contributed by atoms with Crippen molar-refractivity contribution >= 4 is 34.6 Å². The van der Waals surface area contributed by atoms with Gasteiger partial charge in [-0.05, 0) is 24.1 Å². The molecule has 3 heterocycles. The molecule has 3 atom stereocenters. The maximum Gasteiger partial charge on any atom is 0.508 e. The molecule has 156 valence electrons. The molecule has 0 aromatic carbocycles. The summed E-state index contributed by atoms with van der Waals surface area (Å²) < 4.78 is 18.1. The number of hydrogen-bond donors (Lipinski definition) is 2. The molecule has 0 unspecified atom stereocenters. The number of nitrogen functional groups attached to an aromatic ring is 1. The molecule has 0 spiro atoms. The van der Waals surface area contributed by atoms with Gasteiger partial charge < -0.3 is 29.6 Å². The number of aromatic nitrogens is 3. The number of aliphatic hydroxyl groups excluding tert-OH is 1. The van der Waals surface area contributed by atoms with Crippen LogP contribution in [0.2, 0.25) is 5.28 Å². The maximum atomic E-state index is 12.1. The molecule has 1 aliphatic heterocycles. The van der Waals surface area contributed by atoms with E-state index in [2.05, 4.69) is 15.9 Å². The number of anilines is 1. The minimum Gasteiger partial charge on any atom is -0.434 e. The molecule has 9 nitrogen and oxygen atoms in total. The normalized spacial score (nSPS) is 23.8. The zero-order valence-electron chi connectivity index (χ0n) is 16.0. The first-order chi connectivity index (χ1) is 13.9. The summed E-state index contributed by atoms with van der Waals surface area (Å²) in [6.45, 7) is 1.77. The van der Waals surface area contributed by atoms with Crippen LogP contribution in [-0.2, 0) is 14.2 Å². The van der Waals surface area contributed by atoms with E-state index in [4.69, 9.17) is 38.0 Å². The van der Waals surface area contributed by atoms with Crippen molar-refractivity contribution in [2.24, 2.45) is 0 Å². The first-order valence-corrected chi connectivity index (χ1v) is 9.71. The lowest BCUT2D eigenvalue weighted by atomic mass is 9.99. The molecule has 1 aliphatic rings. The number of carbonyl (C=O) groups excluding carboxylic acids is 1. The number of carbonyl (C=O) groups is 1. The van der Waals surface area contributed by atoms with Crippen LogP contribution in [0.25, 0.3) is 11.0 Å². The number of halogens is 1. The Kier molecular flexibility index (Phi) is 6.47. The molecular weight excluding hydrogens is 400 g/mol. The largest absolute Gasteiger partial charge is 0.508 e. The van der Waals surface area contributed by atoms with Gasteiger partial charge in [0, 0.05) is 12.6 Å². The first-order valence-electron chi connectivity index (χ1n) is 9.33. The third kappa shape index (κ3) is 4.24. The van der Waals surface area contributed by atoms with Gasteiger partial charge in [0.25, 0.3) is 0 Å². The van der Waals surface area contributed by atoms with Crippen LogP contribution >= 0.6 is 11.6 Å². The van der Waals surface area contributed by atoms with E-state index in [0.717, 1.165) is 19.3 Å². The molecule has 2 aromatic rings. The van der Waals surface area contributed by atoms with Crippen molar-refractivity contribution in [3.05, 3.63) is 17.5 Å². The fraction of sp³-hybridized carbons (Fsp3) is 0.526. The minimum absolute atomic E-state index is 0.0122. The number of terminal acetylenes is 1. The molecule has 0 aliphatic carbocycles. The number of aliphatic hydroxyl groups is 1. The quantitative estimate of drug-likeness (QED) is 0.302. The highest BCUT2D eigenvalue weighted by Crippen LogP contribution is 2.40. The summed E-state index contributed by atoms with van der Waals surface area (Å²) in [5, 5.41) is 10.5. The number of nitrogens with zero attached hydrogens (tertiary/aromatic N) is 3. The van der Waals surface area contributed by atoms with E-state index >= 15 is 0 Å². The number of unbranched alkanes of at least 4 members (excludes halogenated alkanes) is 2. The Bertz CT molecular complexity index is 927. The lowest BCUT2D eigenvalue weighted by Gasteiger charge is -2.26. The van der Waals surface area contributed by atoms with Crippen LogP contribution in [0, 0.1) is 12.3 Å². The van der Waals surface area contributed by atoms with E-state index in [1.165, 1.54) is 0 Å². The van der Waals surface area contributed by atoms with Crippen LogP contribution in [0.5, 0.6) is 0 Å². The van der Waals surface area contributed by atoms with Crippen LogP contribution in [0.3, 0.4) is 0 Å². The standard InChI is InChI=1S/C19H23ClN4O5/c1-3-5-6-9-27-18(26)28-13-10-14(29-19(13,4-2)11-25)24-8-7-12-15(21)22-17(20)23-16(12)24/h2,7-8,13-14,25H,3,5-6,9-11H2,1H3,(H2,21,22,23)/t13-,14+,19+/m0/s1. The first kappa shape index (κ1) is 21.2. The molecule has 0 amide bonds. The Morgan fingerprint density at radius 1 is 1.55 bits per heavy atom. The lowest BCUT2D eigenvalue weighted by Crippen LogP contribution is -2.44. The number of rotatable bonds is 7. The van der Waals surface area contributed by atoms with Crippen LogP contribution in [0.15, 0.2) is 12.3 Å². The number of ether oxygens (including phenoxy) is 3. The van der Waals surface area contributed by atoms with E-state index in [-0.39, 0.29) is 24.1 Å². The Labute approximate surface area is 173 Å². The average molecular weight is 423 g/mol. The van der Waals surface area contributed by atoms with Crippen LogP contribution in [0.1, 0.15) is 38.8 Å². The fourth-order valence-electron chi connectivity index (χ4n) is 3.28. The topological polar surface area (TPSA) is 122 Å². The van der Waals surface area contributed by atoms with Gasteiger partial charge in [0.15, 0.2) is 11.7 Å². The summed E-state index contributed by atoms with van der Waals surface area (Å²) in [6, 6.07) is 1.72. The molecule has 1 saturated heterocycles. The molecule has 29 heavy (non-hydrogen) atoms. The minimum atomic E-state index is -1.51. The summed E-state index contributed by atoms with van der Waals surface area (Å²) >= 11 is 5.92. The van der Waals surface area contributed by atoms with E-state index < -0.39 is 30.7 Å². The second-order valence-corrected chi connectivity index (χ2v) is 7.09. The van der Waals surface area contributed by atoms with Gasteiger partial charge in [-0.1, -0.05) is 25.7 Å². The molecule has 0 radical (unpaired) electrons. The average Bonchev–Trinajstić information content (AvgIpc) is 3.27. The summed E-state index contributed by atoms with van der Waals surface area (Å²) in [6.07, 6.45) is 7.76. The predicted octanol–water partition coefficient (Wildman–Crippen LogP) is 2.66. The van der Waals surface area contributed by atoms with Gasteiger partial charge in [-0.3, -0.25) is 0 Å². The van der Waals surface area contributed by atoms with E-state index in [1.807, 2.05) is 6.92 Å². The molecular formula is C19H23ClN4O5. The van der Waals surface area contributed by atoms with Gasteiger partial charge in [0.05, 0.1) is 18.6 Å². The highest BCUT2D eigenvalue weighted by Gasteiger charge is 2.51. The summed E-state index contributed by atoms with van der Waals surface area (Å²) in [4.78, 5) is 20.2. The summed E-state index contributed by atoms with van der Waals surface area (Å²) in [7, 11) is 0. The molecule has 2 aromatic heterocycles. The molecule has 3 rings (SSSR count). The molecule has 10 heteroatoms. The molecule has 3 N–H and O–H groups in total. The zero-order valence-corrected chi connectivity index (χ0v) is 16.8. The molecule has 0 saturated carbocycles. The maximum absolute atomic E-state index is 12.1. The molecule has 1 fully saturated rings. The van der Waals surface area contributed by atoms with Crippen molar-refractivity contribution in [3.8, 4) is 12.3 Å². The van der Waals surface area contributed by atoms with Crippen molar-refractivity contribution in [2.45, 2.75) is 50.5 Å². The Balaban J connectivity index is 1.80. The van der Waals surface area contributed by atoms with Gasteiger partial charge >= 0.3 is 6.16 Å². The van der Waals surface area contributed by atoms with Gasteiger partial charge in [0.1, 0.15) is 17.7 Å². The fourth-order valence-corrected chi connectivity index (χ4v) is 3.46. The summed E-state index contributed by atoms with van der Waals surface area (Å²) in [5.74, 6) is 2.65. The highest BCUT2D eigenvalue weighted by molar-refractivity contribution is 6.28. The van der Waals surface area contributed by atoms with Gasteiger partial charge in [-0.25, -0.2) is 9.78 Å². The smallest absolute Gasteiger partial charge is 0.434 e. The zero-order chi connectivity index (χ0) is 21.0. The Morgan fingerprint density at radius 2 is 2.34 bits per heavy atom. The van der Waals surface area contributed by atoms with Crippen molar-refractivity contribution in [1.29, 1.82) is 0 Å². The number of fused-ring (bicyclic) bond motifs is 1. The predicted molar refractivity (Wildman–Crippen MR) is 106 cm³/mol. The van der Waals surface area contributed by atoms with Gasteiger partial charge in [0.2, 0.25) is 5.28 Å². The number of nitrogens with two attached hydrogens (primary N) is 1. The monoisotopic (exact) mass is 422 g/mol. The SMILES string of the molecule is C#C[C@]1(CO)O[C@@H](n2ccc3c(N)nc(Cl)nc32)C[C@@H]1OC(=O)OCCCCC. The van der Waals surface area contributed by atoms with Crippen LogP contribution in [0.4, 0.5) is 10.6 Å². The Morgan fingerprint density at radius 3 is 3.03 bits per heavy atom. The van der Waals surface area contributed by atoms with Crippen molar-refractivity contribution < 1.29 is 24.1 Å². The third-order valence-corrected chi connectivity index (χ3v) is 5.02. The second-order valence-electron chi connectivity index (χ2n) is 6.75. The van der Waals surface area contributed by atoms with E-state index in [0.29, 0.717) is 11.0 Å². The second kappa shape index (κ2) is 8.86. The van der Waals surface area contributed by atoms with Crippen molar-refractivity contribution in [2.75, 3.05) is 18.9 Å².